The predicted molar refractivity (Wildman–Crippen MR) is 76.9 cm³/mol. The van der Waals surface area contributed by atoms with E-state index in [-0.39, 0.29) is 12.6 Å². The Labute approximate surface area is 123 Å². The summed E-state index contributed by atoms with van der Waals surface area (Å²) in [6.07, 6.45) is 0.0333. The number of carboxylic acids is 1. The SMILES string of the molecule is O=C(O)CN1CCN(CC2COc3ccccc3O2)CC1. The van der Waals surface area contributed by atoms with Crippen molar-refractivity contribution >= 4 is 5.97 Å². The number of carboxylic acid groups (broad SMARTS) is 1. The number of para-hydroxylation sites is 2. The fourth-order valence-electron chi connectivity index (χ4n) is 2.76. The molecule has 1 aromatic rings. The van der Waals surface area contributed by atoms with Gasteiger partial charge in [0.25, 0.3) is 0 Å². The van der Waals surface area contributed by atoms with Crippen LogP contribution in [0, 0.1) is 0 Å². The molecule has 1 N–H and O–H groups in total. The summed E-state index contributed by atoms with van der Waals surface area (Å²) in [4.78, 5) is 15.0. The first-order valence-electron chi connectivity index (χ1n) is 7.26. The Kier molecular flexibility index (Phi) is 4.26. The third kappa shape index (κ3) is 3.65. The Morgan fingerprint density at radius 3 is 2.52 bits per heavy atom. The molecule has 6 nitrogen and oxygen atoms in total. The summed E-state index contributed by atoms with van der Waals surface area (Å²) in [5.41, 5.74) is 0. The second-order valence-electron chi connectivity index (χ2n) is 5.47. The summed E-state index contributed by atoms with van der Waals surface area (Å²) in [6, 6.07) is 7.71. The lowest BCUT2D eigenvalue weighted by atomic mass is 10.2. The molecule has 2 aliphatic rings. The van der Waals surface area contributed by atoms with Crippen LogP contribution < -0.4 is 9.47 Å². The van der Waals surface area contributed by atoms with Gasteiger partial charge in [0.2, 0.25) is 0 Å². The third-order valence-electron chi connectivity index (χ3n) is 3.85. The molecule has 2 aliphatic heterocycles. The van der Waals surface area contributed by atoms with Crippen molar-refractivity contribution in [2.24, 2.45) is 0 Å². The number of hydrogen-bond donors (Lipinski definition) is 1. The van der Waals surface area contributed by atoms with Crippen LogP contribution in [0.3, 0.4) is 0 Å². The van der Waals surface area contributed by atoms with Gasteiger partial charge in [-0.05, 0) is 12.1 Å². The number of fused-ring (bicyclic) bond motifs is 1. The van der Waals surface area contributed by atoms with Crippen molar-refractivity contribution in [2.45, 2.75) is 6.10 Å². The molecule has 1 aromatic carbocycles. The molecular formula is C15H20N2O4. The molecule has 0 bridgehead atoms. The van der Waals surface area contributed by atoms with Crippen LogP contribution in [0.15, 0.2) is 24.3 Å². The van der Waals surface area contributed by atoms with Gasteiger partial charge >= 0.3 is 5.97 Å². The number of ether oxygens (including phenoxy) is 2. The topological polar surface area (TPSA) is 62.2 Å². The normalized spacial score (nSPS) is 23.0. The fraction of sp³-hybridized carbons (Fsp3) is 0.533. The van der Waals surface area contributed by atoms with Crippen LogP contribution in [0.2, 0.25) is 0 Å². The second kappa shape index (κ2) is 6.32. The van der Waals surface area contributed by atoms with Crippen molar-refractivity contribution in [3.63, 3.8) is 0 Å². The number of nitrogens with zero attached hydrogens (tertiary/aromatic N) is 2. The van der Waals surface area contributed by atoms with Gasteiger partial charge in [0.15, 0.2) is 11.5 Å². The van der Waals surface area contributed by atoms with Crippen molar-refractivity contribution in [1.29, 1.82) is 0 Å². The number of aliphatic carboxylic acids is 1. The quantitative estimate of drug-likeness (QED) is 0.873. The van der Waals surface area contributed by atoms with Crippen molar-refractivity contribution < 1.29 is 19.4 Å². The molecule has 0 spiro atoms. The van der Waals surface area contributed by atoms with Gasteiger partial charge in [-0.15, -0.1) is 0 Å². The Bertz CT molecular complexity index is 500. The number of benzene rings is 1. The van der Waals surface area contributed by atoms with Gasteiger partial charge in [-0.25, -0.2) is 0 Å². The third-order valence-corrected chi connectivity index (χ3v) is 3.85. The molecule has 6 heteroatoms. The Morgan fingerprint density at radius 1 is 1.14 bits per heavy atom. The van der Waals surface area contributed by atoms with E-state index in [1.54, 1.807) is 0 Å². The minimum atomic E-state index is -0.760. The summed E-state index contributed by atoms with van der Waals surface area (Å²) in [5.74, 6) is 0.849. The van der Waals surface area contributed by atoms with Crippen molar-refractivity contribution in [3.8, 4) is 11.5 Å². The Balaban J connectivity index is 1.47. The first kappa shape index (κ1) is 14.2. The van der Waals surface area contributed by atoms with Crippen molar-refractivity contribution in [1.82, 2.24) is 9.80 Å². The molecule has 3 rings (SSSR count). The number of hydrogen-bond acceptors (Lipinski definition) is 5. The molecule has 1 fully saturated rings. The summed E-state index contributed by atoms with van der Waals surface area (Å²) in [6.45, 7) is 4.82. The standard InChI is InChI=1S/C15H20N2O4/c18-15(19)10-17-7-5-16(6-8-17)9-12-11-20-13-3-1-2-4-14(13)21-12/h1-4,12H,5-11H2,(H,18,19). The molecule has 2 heterocycles. The lowest BCUT2D eigenvalue weighted by Crippen LogP contribution is -2.51. The molecule has 21 heavy (non-hydrogen) atoms. The number of rotatable bonds is 4. The van der Waals surface area contributed by atoms with Crippen LogP contribution >= 0.6 is 0 Å². The zero-order valence-electron chi connectivity index (χ0n) is 11.9. The second-order valence-corrected chi connectivity index (χ2v) is 5.47. The van der Waals surface area contributed by atoms with Gasteiger partial charge in [-0.2, -0.15) is 0 Å². The van der Waals surface area contributed by atoms with Gasteiger partial charge in [0.1, 0.15) is 12.7 Å². The van der Waals surface area contributed by atoms with Gasteiger partial charge in [0, 0.05) is 32.7 Å². The van der Waals surface area contributed by atoms with E-state index < -0.39 is 5.97 Å². The van der Waals surface area contributed by atoms with Crippen LogP contribution in [-0.2, 0) is 4.79 Å². The Morgan fingerprint density at radius 2 is 1.81 bits per heavy atom. The van der Waals surface area contributed by atoms with Gasteiger partial charge < -0.3 is 14.6 Å². The zero-order chi connectivity index (χ0) is 14.7. The van der Waals surface area contributed by atoms with E-state index in [2.05, 4.69) is 4.90 Å². The lowest BCUT2D eigenvalue weighted by Gasteiger charge is -2.36. The molecule has 0 saturated carbocycles. The maximum absolute atomic E-state index is 10.7. The highest BCUT2D eigenvalue weighted by molar-refractivity contribution is 5.69. The minimum absolute atomic E-state index is 0.0333. The van der Waals surface area contributed by atoms with Crippen LogP contribution in [0.1, 0.15) is 0 Å². The molecule has 1 saturated heterocycles. The average Bonchev–Trinajstić information content (AvgIpc) is 2.49. The van der Waals surface area contributed by atoms with E-state index in [0.717, 1.165) is 44.2 Å². The van der Waals surface area contributed by atoms with E-state index in [1.807, 2.05) is 29.2 Å². The molecule has 1 atom stereocenters. The maximum atomic E-state index is 10.7. The summed E-state index contributed by atoms with van der Waals surface area (Å²) in [5, 5.41) is 8.79. The fourth-order valence-corrected chi connectivity index (χ4v) is 2.76. The highest BCUT2D eigenvalue weighted by Crippen LogP contribution is 2.31. The molecular weight excluding hydrogens is 272 g/mol. The molecule has 1 unspecified atom stereocenters. The van der Waals surface area contributed by atoms with Gasteiger partial charge in [0.05, 0.1) is 6.54 Å². The Hall–Kier alpha value is -1.79. The maximum Gasteiger partial charge on any atom is 0.317 e. The highest BCUT2D eigenvalue weighted by Gasteiger charge is 2.25. The molecule has 114 valence electrons. The predicted octanol–water partition coefficient (Wildman–Crippen LogP) is 0.529. The molecule has 0 aliphatic carbocycles. The zero-order valence-corrected chi connectivity index (χ0v) is 11.9. The first-order valence-corrected chi connectivity index (χ1v) is 7.26. The molecule has 0 aromatic heterocycles. The van der Waals surface area contributed by atoms with E-state index in [9.17, 15) is 4.79 Å². The summed E-state index contributed by atoms with van der Waals surface area (Å²) < 4.78 is 11.7. The van der Waals surface area contributed by atoms with Gasteiger partial charge in [-0.1, -0.05) is 12.1 Å². The van der Waals surface area contributed by atoms with E-state index in [1.165, 1.54) is 0 Å². The average molecular weight is 292 g/mol. The minimum Gasteiger partial charge on any atom is -0.486 e. The first-order chi connectivity index (χ1) is 10.2. The molecule has 0 amide bonds. The van der Waals surface area contributed by atoms with Crippen LogP contribution in [0.25, 0.3) is 0 Å². The highest BCUT2D eigenvalue weighted by atomic mass is 16.6. The van der Waals surface area contributed by atoms with Gasteiger partial charge in [-0.3, -0.25) is 14.6 Å². The van der Waals surface area contributed by atoms with Crippen LogP contribution in [0.4, 0.5) is 0 Å². The smallest absolute Gasteiger partial charge is 0.317 e. The lowest BCUT2D eigenvalue weighted by molar-refractivity contribution is -0.138. The molecule has 0 radical (unpaired) electrons. The number of piperazine rings is 1. The van der Waals surface area contributed by atoms with E-state index in [0.29, 0.717) is 6.61 Å². The van der Waals surface area contributed by atoms with Crippen LogP contribution in [0.5, 0.6) is 11.5 Å². The monoisotopic (exact) mass is 292 g/mol. The summed E-state index contributed by atoms with van der Waals surface area (Å²) >= 11 is 0. The number of carbonyl (C=O) groups is 1. The van der Waals surface area contributed by atoms with Crippen LogP contribution in [-0.4, -0.2) is 72.9 Å². The van der Waals surface area contributed by atoms with E-state index >= 15 is 0 Å². The van der Waals surface area contributed by atoms with Crippen molar-refractivity contribution in [2.75, 3.05) is 45.9 Å². The van der Waals surface area contributed by atoms with E-state index in [4.69, 9.17) is 14.6 Å². The largest absolute Gasteiger partial charge is 0.486 e. The summed E-state index contributed by atoms with van der Waals surface area (Å²) in [7, 11) is 0. The van der Waals surface area contributed by atoms with Crippen molar-refractivity contribution in [3.05, 3.63) is 24.3 Å².